The van der Waals surface area contributed by atoms with E-state index in [9.17, 15) is 9.59 Å². The molecule has 0 aromatic rings. The minimum absolute atomic E-state index is 0.234. The van der Waals surface area contributed by atoms with Gasteiger partial charge in [-0.25, -0.2) is 4.79 Å². The molecule has 0 bridgehead atoms. The molecule has 0 saturated heterocycles. The van der Waals surface area contributed by atoms with Crippen LogP contribution in [0.25, 0.3) is 0 Å². The number of hydrogen-bond acceptors (Lipinski definition) is 4. The first-order valence-corrected chi connectivity index (χ1v) is 6.38. The number of ether oxygens (including phenoxy) is 1. The van der Waals surface area contributed by atoms with Crippen LogP contribution in [0.15, 0.2) is 0 Å². The van der Waals surface area contributed by atoms with Crippen LogP contribution in [0, 0.1) is 5.92 Å². The first-order chi connectivity index (χ1) is 8.59. The van der Waals surface area contributed by atoms with E-state index in [0.717, 1.165) is 18.9 Å². The van der Waals surface area contributed by atoms with Gasteiger partial charge >= 0.3 is 5.97 Å². The summed E-state index contributed by atoms with van der Waals surface area (Å²) in [5.74, 6) is -0.589. The van der Waals surface area contributed by atoms with E-state index >= 15 is 0 Å². The van der Waals surface area contributed by atoms with Gasteiger partial charge in [0.15, 0.2) is 0 Å². The van der Waals surface area contributed by atoms with Crippen LogP contribution in [0.2, 0.25) is 0 Å². The van der Waals surface area contributed by atoms with E-state index in [1.54, 1.807) is 0 Å². The number of carboxylic acid groups (broad SMARTS) is 1. The highest BCUT2D eigenvalue weighted by molar-refractivity contribution is 5.82. The Morgan fingerprint density at radius 3 is 2.72 bits per heavy atom. The molecule has 0 radical (unpaired) electrons. The summed E-state index contributed by atoms with van der Waals surface area (Å²) in [7, 11) is 0. The number of aliphatic carboxylic acids is 1. The van der Waals surface area contributed by atoms with Crippen LogP contribution in [0.3, 0.4) is 0 Å². The van der Waals surface area contributed by atoms with Crippen LogP contribution in [-0.4, -0.2) is 49.3 Å². The molecule has 0 heterocycles. The van der Waals surface area contributed by atoms with E-state index in [4.69, 9.17) is 9.84 Å². The average molecular weight is 258 g/mol. The Labute approximate surface area is 107 Å². The van der Waals surface area contributed by atoms with Gasteiger partial charge in [0.05, 0.1) is 0 Å². The maximum Gasteiger partial charge on any atom is 0.327 e. The Hall–Kier alpha value is -1.14. The summed E-state index contributed by atoms with van der Waals surface area (Å²) in [5.41, 5.74) is 0. The predicted molar refractivity (Wildman–Crippen MR) is 66.3 cm³/mol. The monoisotopic (exact) mass is 258 g/mol. The molecule has 1 saturated carbocycles. The molecule has 18 heavy (non-hydrogen) atoms. The third kappa shape index (κ3) is 7.24. The second-order valence-corrected chi connectivity index (χ2v) is 4.67. The summed E-state index contributed by atoms with van der Waals surface area (Å²) in [6.45, 7) is 3.78. The Morgan fingerprint density at radius 1 is 1.44 bits per heavy atom. The van der Waals surface area contributed by atoms with Crippen molar-refractivity contribution >= 4 is 11.9 Å². The number of carbonyl (C=O) groups excluding carboxylic acids is 1. The van der Waals surface area contributed by atoms with Gasteiger partial charge in [0, 0.05) is 26.7 Å². The van der Waals surface area contributed by atoms with Gasteiger partial charge < -0.3 is 20.5 Å². The molecule has 0 aliphatic heterocycles. The third-order valence-electron chi connectivity index (χ3n) is 2.72. The highest BCUT2D eigenvalue weighted by Crippen LogP contribution is 2.28. The fourth-order valence-corrected chi connectivity index (χ4v) is 1.53. The SMILES string of the molecule is CC(=O)NC(CNCCCOCC1CC1)C(=O)O. The number of carboxylic acids is 1. The number of carbonyl (C=O) groups is 2. The van der Waals surface area contributed by atoms with E-state index in [0.29, 0.717) is 13.2 Å². The molecular formula is C12H22N2O4. The van der Waals surface area contributed by atoms with E-state index in [2.05, 4.69) is 10.6 Å². The molecule has 3 N–H and O–H groups in total. The lowest BCUT2D eigenvalue weighted by Gasteiger charge is -2.14. The van der Waals surface area contributed by atoms with Crippen LogP contribution < -0.4 is 10.6 Å². The molecule has 104 valence electrons. The lowest BCUT2D eigenvalue weighted by molar-refractivity contribution is -0.141. The molecule has 0 spiro atoms. The number of hydrogen-bond donors (Lipinski definition) is 3. The Morgan fingerprint density at radius 2 is 2.17 bits per heavy atom. The molecule has 6 nitrogen and oxygen atoms in total. The fraction of sp³-hybridized carbons (Fsp3) is 0.833. The first-order valence-electron chi connectivity index (χ1n) is 6.38. The van der Waals surface area contributed by atoms with Crippen LogP contribution in [-0.2, 0) is 14.3 Å². The normalized spacial score (nSPS) is 16.3. The largest absolute Gasteiger partial charge is 0.480 e. The van der Waals surface area contributed by atoms with Crippen LogP contribution in [0.4, 0.5) is 0 Å². The maximum atomic E-state index is 10.8. The zero-order chi connectivity index (χ0) is 13.4. The van der Waals surface area contributed by atoms with E-state index < -0.39 is 12.0 Å². The first kappa shape index (κ1) is 14.9. The minimum atomic E-state index is -1.03. The Balaban J connectivity index is 1.96. The van der Waals surface area contributed by atoms with Crippen molar-refractivity contribution in [2.24, 2.45) is 5.92 Å². The number of amides is 1. The zero-order valence-electron chi connectivity index (χ0n) is 10.8. The lowest BCUT2D eigenvalue weighted by Crippen LogP contribution is -2.46. The van der Waals surface area contributed by atoms with Crippen LogP contribution in [0.1, 0.15) is 26.2 Å². The highest BCUT2D eigenvalue weighted by atomic mass is 16.5. The van der Waals surface area contributed by atoms with Crippen molar-refractivity contribution in [2.75, 3.05) is 26.3 Å². The van der Waals surface area contributed by atoms with Gasteiger partial charge in [0.2, 0.25) is 5.91 Å². The number of rotatable bonds is 10. The van der Waals surface area contributed by atoms with Gasteiger partial charge in [-0.1, -0.05) is 0 Å². The Kier molecular flexibility index (Phi) is 6.67. The summed E-state index contributed by atoms with van der Waals surface area (Å²) in [6.07, 6.45) is 3.42. The molecule has 1 atom stereocenters. The molecule has 1 fully saturated rings. The predicted octanol–water partition coefficient (Wildman–Crippen LogP) is -0.0180. The zero-order valence-corrected chi connectivity index (χ0v) is 10.8. The summed E-state index contributed by atoms with van der Waals surface area (Å²) < 4.78 is 5.45. The summed E-state index contributed by atoms with van der Waals surface area (Å²) >= 11 is 0. The van der Waals surface area contributed by atoms with E-state index in [1.807, 2.05) is 0 Å². The van der Waals surface area contributed by atoms with Crippen molar-refractivity contribution in [2.45, 2.75) is 32.2 Å². The van der Waals surface area contributed by atoms with Crippen molar-refractivity contribution in [1.29, 1.82) is 0 Å². The molecule has 1 aliphatic rings. The molecule has 1 amide bonds. The standard InChI is InChI=1S/C12H22N2O4/c1-9(15)14-11(12(16)17)7-13-5-2-6-18-8-10-3-4-10/h10-11,13H,2-8H2,1H3,(H,14,15)(H,16,17). The van der Waals surface area contributed by atoms with Gasteiger partial charge in [-0.15, -0.1) is 0 Å². The van der Waals surface area contributed by atoms with Crippen molar-refractivity contribution in [3.63, 3.8) is 0 Å². The molecule has 6 heteroatoms. The van der Waals surface area contributed by atoms with E-state index in [1.165, 1.54) is 19.8 Å². The van der Waals surface area contributed by atoms with Crippen LogP contribution >= 0.6 is 0 Å². The average Bonchev–Trinajstić information content (AvgIpc) is 3.09. The molecular weight excluding hydrogens is 236 g/mol. The maximum absolute atomic E-state index is 10.8. The lowest BCUT2D eigenvalue weighted by atomic mass is 10.3. The van der Waals surface area contributed by atoms with Gasteiger partial charge in [-0.3, -0.25) is 4.79 Å². The second-order valence-electron chi connectivity index (χ2n) is 4.67. The quantitative estimate of drug-likeness (QED) is 0.479. The van der Waals surface area contributed by atoms with Gasteiger partial charge in [0.25, 0.3) is 0 Å². The van der Waals surface area contributed by atoms with Gasteiger partial charge in [0.1, 0.15) is 6.04 Å². The number of nitrogens with one attached hydrogen (secondary N) is 2. The molecule has 1 aliphatic carbocycles. The highest BCUT2D eigenvalue weighted by Gasteiger charge is 2.21. The summed E-state index contributed by atoms with van der Waals surface area (Å²) in [5, 5.41) is 14.2. The molecule has 0 aromatic carbocycles. The van der Waals surface area contributed by atoms with E-state index in [-0.39, 0.29) is 12.5 Å². The molecule has 0 aromatic heterocycles. The van der Waals surface area contributed by atoms with Crippen molar-refractivity contribution in [1.82, 2.24) is 10.6 Å². The summed E-state index contributed by atoms with van der Waals surface area (Å²) in [6, 6.07) is -0.866. The summed E-state index contributed by atoms with van der Waals surface area (Å²) in [4.78, 5) is 21.6. The van der Waals surface area contributed by atoms with Crippen LogP contribution in [0.5, 0.6) is 0 Å². The molecule has 1 unspecified atom stereocenters. The smallest absolute Gasteiger partial charge is 0.327 e. The second kappa shape index (κ2) is 8.05. The minimum Gasteiger partial charge on any atom is -0.480 e. The van der Waals surface area contributed by atoms with Crippen molar-refractivity contribution < 1.29 is 19.4 Å². The van der Waals surface area contributed by atoms with Crippen molar-refractivity contribution in [3.8, 4) is 0 Å². The Bertz CT molecular complexity index is 279. The van der Waals surface area contributed by atoms with Crippen molar-refractivity contribution in [3.05, 3.63) is 0 Å². The molecule has 1 rings (SSSR count). The fourth-order valence-electron chi connectivity index (χ4n) is 1.53. The van der Waals surface area contributed by atoms with Gasteiger partial charge in [-0.2, -0.15) is 0 Å². The topological polar surface area (TPSA) is 87.7 Å². The van der Waals surface area contributed by atoms with Gasteiger partial charge in [-0.05, 0) is 31.7 Å². The third-order valence-corrected chi connectivity index (χ3v) is 2.72.